The molecule has 0 N–H and O–H groups in total. The van der Waals surface area contributed by atoms with E-state index in [1.165, 1.54) is 10.8 Å². The molecule has 7 heteroatoms. The first kappa shape index (κ1) is 11.4. The molecule has 0 spiro atoms. The van der Waals surface area contributed by atoms with E-state index >= 15 is 0 Å². The van der Waals surface area contributed by atoms with Gasteiger partial charge >= 0.3 is 0 Å². The lowest BCUT2D eigenvalue weighted by molar-refractivity contribution is 0.521. The molecule has 0 aliphatic heterocycles. The Balaban J connectivity index is 2.07. The van der Waals surface area contributed by atoms with Gasteiger partial charge in [-0.25, -0.2) is 15.0 Å². The number of fused-ring (bicyclic) bond motifs is 3. The third kappa shape index (κ3) is 1.58. The van der Waals surface area contributed by atoms with E-state index in [-0.39, 0.29) is 5.28 Å². The standard InChI is InChI=1S/C13H8ClN5O/c1-7-15-10(6-20-7)11-17-12-8-4-2-3-5-9(8)16-13(14)19(12)18-11/h2-6H,1H3. The number of oxazole rings is 1. The molecule has 0 fully saturated rings. The van der Waals surface area contributed by atoms with Crippen LogP contribution in [0.4, 0.5) is 0 Å². The Bertz CT molecular complexity index is 942. The van der Waals surface area contributed by atoms with E-state index in [4.69, 9.17) is 16.0 Å². The van der Waals surface area contributed by atoms with Gasteiger partial charge in [-0.3, -0.25) is 0 Å². The first-order valence-corrected chi connectivity index (χ1v) is 6.34. The highest BCUT2D eigenvalue weighted by Crippen LogP contribution is 2.23. The molecule has 6 nitrogen and oxygen atoms in total. The zero-order valence-corrected chi connectivity index (χ0v) is 11.2. The zero-order valence-electron chi connectivity index (χ0n) is 10.4. The Labute approximate surface area is 118 Å². The first-order chi connectivity index (χ1) is 9.72. The van der Waals surface area contributed by atoms with Crippen molar-refractivity contribution in [3.8, 4) is 11.5 Å². The van der Waals surface area contributed by atoms with Gasteiger partial charge in [-0.1, -0.05) is 12.1 Å². The Kier molecular flexibility index (Phi) is 2.28. The second kappa shape index (κ2) is 4.01. The number of halogens is 1. The van der Waals surface area contributed by atoms with Gasteiger partial charge in [-0.2, -0.15) is 4.52 Å². The lowest BCUT2D eigenvalue weighted by atomic mass is 10.2. The third-order valence-corrected chi connectivity index (χ3v) is 3.23. The lowest BCUT2D eigenvalue weighted by Crippen LogP contribution is -1.94. The molecule has 0 bridgehead atoms. The van der Waals surface area contributed by atoms with Crippen LogP contribution in [0.25, 0.3) is 28.1 Å². The third-order valence-electron chi connectivity index (χ3n) is 2.99. The number of benzene rings is 1. The highest BCUT2D eigenvalue weighted by molar-refractivity contribution is 6.29. The molecule has 4 rings (SSSR count). The van der Waals surface area contributed by atoms with Crippen molar-refractivity contribution < 1.29 is 4.42 Å². The molecule has 98 valence electrons. The summed E-state index contributed by atoms with van der Waals surface area (Å²) in [6.45, 7) is 1.77. The number of para-hydroxylation sites is 1. The van der Waals surface area contributed by atoms with E-state index in [1.807, 2.05) is 24.3 Å². The van der Waals surface area contributed by atoms with Crippen LogP contribution in [0.2, 0.25) is 5.28 Å². The van der Waals surface area contributed by atoms with E-state index in [0.29, 0.717) is 23.1 Å². The Morgan fingerprint density at radius 1 is 1.15 bits per heavy atom. The molecule has 3 aromatic heterocycles. The largest absolute Gasteiger partial charge is 0.449 e. The predicted octanol–water partition coefficient (Wildman–Crippen LogP) is 2.89. The van der Waals surface area contributed by atoms with Gasteiger partial charge in [-0.05, 0) is 23.7 Å². The van der Waals surface area contributed by atoms with Gasteiger partial charge in [-0.15, -0.1) is 5.10 Å². The maximum Gasteiger partial charge on any atom is 0.226 e. The average Bonchev–Trinajstić information content (AvgIpc) is 3.05. The van der Waals surface area contributed by atoms with Crippen molar-refractivity contribution in [1.29, 1.82) is 0 Å². The van der Waals surface area contributed by atoms with Crippen LogP contribution < -0.4 is 0 Å². The Hall–Kier alpha value is -2.47. The van der Waals surface area contributed by atoms with Gasteiger partial charge in [0.05, 0.1) is 5.52 Å². The molecule has 1 aromatic carbocycles. The molecule has 0 aliphatic carbocycles. The van der Waals surface area contributed by atoms with Crippen molar-refractivity contribution in [2.75, 3.05) is 0 Å². The smallest absolute Gasteiger partial charge is 0.226 e. The molecule has 0 aliphatic rings. The fraction of sp³-hybridized carbons (Fsp3) is 0.0769. The van der Waals surface area contributed by atoms with Gasteiger partial charge < -0.3 is 4.42 Å². The topological polar surface area (TPSA) is 69.1 Å². The van der Waals surface area contributed by atoms with Crippen molar-refractivity contribution in [2.24, 2.45) is 0 Å². The molecule has 3 heterocycles. The fourth-order valence-electron chi connectivity index (χ4n) is 2.10. The molecule has 0 radical (unpaired) electrons. The highest BCUT2D eigenvalue weighted by Gasteiger charge is 2.15. The molecule has 0 saturated heterocycles. The summed E-state index contributed by atoms with van der Waals surface area (Å²) in [5.74, 6) is 1.02. The molecule has 0 amide bonds. The van der Waals surface area contributed by atoms with Gasteiger partial charge in [0.25, 0.3) is 0 Å². The number of aryl methyl sites for hydroxylation is 1. The van der Waals surface area contributed by atoms with E-state index in [0.717, 1.165) is 10.9 Å². The van der Waals surface area contributed by atoms with Crippen LogP contribution in [0.1, 0.15) is 5.89 Å². The monoisotopic (exact) mass is 285 g/mol. The van der Waals surface area contributed by atoms with E-state index < -0.39 is 0 Å². The number of rotatable bonds is 1. The van der Waals surface area contributed by atoms with Crippen LogP contribution in [-0.2, 0) is 0 Å². The minimum absolute atomic E-state index is 0.262. The minimum Gasteiger partial charge on any atom is -0.449 e. The summed E-state index contributed by atoms with van der Waals surface area (Å²) in [7, 11) is 0. The van der Waals surface area contributed by atoms with Crippen LogP contribution >= 0.6 is 11.6 Å². The molecular formula is C13H8ClN5O. The van der Waals surface area contributed by atoms with Gasteiger partial charge in [0.15, 0.2) is 11.5 Å². The van der Waals surface area contributed by atoms with Crippen molar-refractivity contribution in [3.63, 3.8) is 0 Å². The number of aromatic nitrogens is 5. The maximum atomic E-state index is 6.15. The van der Waals surface area contributed by atoms with Crippen LogP contribution in [-0.4, -0.2) is 24.6 Å². The molecule has 0 atom stereocenters. The summed E-state index contributed by atoms with van der Waals surface area (Å²) in [5.41, 5.74) is 2.00. The summed E-state index contributed by atoms with van der Waals surface area (Å²) in [5, 5.41) is 5.48. The van der Waals surface area contributed by atoms with E-state index in [2.05, 4.69) is 20.1 Å². The number of hydrogen-bond donors (Lipinski definition) is 0. The molecule has 20 heavy (non-hydrogen) atoms. The number of nitrogens with zero attached hydrogens (tertiary/aromatic N) is 5. The molecule has 4 aromatic rings. The second-order valence-electron chi connectivity index (χ2n) is 4.32. The second-order valence-corrected chi connectivity index (χ2v) is 4.66. The molecular weight excluding hydrogens is 278 g/mol. The van der Waals surface area contributed by atoms with Gasteiger partial charge in [0.1, 0.15) is 12.0 Å². The van der Waals surface area contributed by atoms with E-state index in [1.54, 1.807) is 6.92 Å². The first-order valence-electron chi connectivity index (χ1n) is 5.96. The average molecular weight is 286 g/mol. The normalized spacial score (nSPS) is 11.5. The van der Waals surface area contributed by atoms with E-state index in [9.17, 15) is 0 Å². The Morgan fingerprint density at radius 3 is 2.80 bits per heavy atom. The van der Waals surface area contributed by atoms with Crippen LogP contribution in [0.5, 0.6) is 0 Å². The zero-order chi connectivity index (χ0) is 13.7. The van der Waals surface area contributed by atoms with Crippen LogP contribution in [0, 0.1) is 6.92 Å². The lowest BCUT2D eigenvalue weighted by Gasteiger charge is -1.99. The highest BCUT2D eigenvalue weighted by atomic mass is 35.5. The molecule has 0 saturated carbocycles. The predicted molar refractivity (Wildman–Crippen MR) is 73.5 cm³/mol. The summed E-state index contributed by atoms with van der Waals surface area (Å²) in [4.78, 5) is 13.0. The van der Waals surface area contributed by atoms with Crippen molar-refractivity contribution in [3.05, 3.63) is 41.7 Å². The summed E-state index contributed by atoms with van der Waals surface area (Å²) in [6.07, 6.45) is 1.52. The quantitative estimate of drug-likeness (QED) is 0.503. The van der Waals surface area contributed by atoms with Crippen molar-refractivity contribution >= 4 is 28.2 Å². The van der Waals surface area contributed by atoms with Crippen LogP contribution in [0.3, 0.4) is 0 Å². The van der Waals surface area contributed by atoms with Crippen molar-refractivity contribution in [1.82, 2.24) is 24.6 Å². The SMILES string of the molecule is Cc1nc(-c2nc3c4ccccc4nc(Cl)n3n2)co1. The van der Waals surface area contributed by atoms with Crippen LogP contribution in [0.15, 0.2) is 34.9 Å². The van der Waals surface area contributed by atoms with Gasteiger partial charge in [0.2, 0.25) is 11.1 Å². The summed E-state index contributed by atoms with van der Waals surface area (Å²) < 4.78 is 6.69. The summed E-state index contributed by atoms with van der Waals surface area (Å²) in [6, 6.07) is 7.64. The maximum absolute atomic E-state index is 6.15. The Morgan fingerprint density at radius 2 is 2.00 bits per heavy atom. The fourth-order valence-corrected chi connectivity index (χ4v) is 2.31. The van der Waals surface area contributed by atoms with Gasteiger partial charge in [0, 0.05) is 12.3 Å². The molecule has 0 unspecified atom stereocenters. The number of hydrogen-bond acceptors (Lipinski definition) is 5. The summed E-state index contributed by atoms with van der Waals surface area (Å²) >= 11 is 6.15. The minimum atomic E-state index is 0.262. The van der Waals surface area contributed by atoms with Crippen molar-refractivity contribution in [2.45, 2.75) is 6.92 Å².